The lowest BCUT2D eigenvalue weighted by atomic mass is 10.0. The lowest BCUT2D eigenvalue weighted by molar-refractivity contribution is -0.125. The Morgan fingerprint density at radius 3 is 2.88 bits per heavy atom. The van der Waals surface area contributed by atoms with Gasteiger partial charge in [0.25, 0.3) is 0 Å². The molecule has 0 aromatic heterocycles. The molecule has 2 unspecified atom stereocenters. The molecule has 0 aliphatic carbocycles. The summed E-state index contributed by atoms with van der Waals surface area (Å²) >= 11 is 0. The van der Waals surface area contributed by atoms with Crippen molar-refractivity contribution < 1.29 is 14.6 Å². The molecule has 0 bridgehead atoms. The van der Waals surface area contributed by atoms with E-state index in [9.17, 15) is 4.79 Å². The molecule has 2 atom stereocenters. The van der Waals surface area contributed by atoms with Crippen molar-refractivity contribution in [2.45, 2.75) is 25.3 Å². The number of carbonyl (C=O) groups excluding carboxylic acids is 1. The highest BCUT2D eigenvalue weighted by Gasteiger charge is 2.32. The number of aliphatic hydroxyl groups excluding tert-OH is 1. The van der Waals surface area contributed by atoms with Gasteiger partial charge < -0.3 is 20.5 Å². The van der Waals surface area contributed by atoms with E-state index in [4.69, 9.17) is 9.84 Å². The molecule has 1 rings (SSSR count). The zero-order valence-corrected chi connectivity index (χ0v) is 9.87. The SMILES string of the molecule is CNC1COCC1C(=O)NCCCCCO. The van der Waals surface area contributed by atoms with Gasteiger partial charge in [0.05, 0.1) is 19.1 Å². The summed E-state index contributed by atoms with van der Waals surface area (Å²) in [6.45, 7) is 2.03. The van der Waals surface area contributed by atoms with Gasteiger partial charge in [0.2, 0.25) is 5.91 Å². The zero-order valence-electron chi connectivity index (χ0n) is 9.87. The van der Waals surface area contributed by atoms with E-state index < -0.39 is 0 Å². The van der Waals surface area contributed by atoms with Gasteiger partial charge in [-0.1, -0.05) is 0 Å². The fourth-order valence-electron chi connectivity index (χ4n) is 1.85. The summed E-state index contributed by atoms with van der Waals surface area (Å²) in [5.74, 6) is 0.00342. The van der Waals surface area contributed by atoms with E-state index in [-0.39, 0.29) is 24.5 Å². The van der Waals surface area contributed by atoms with Crippen LogP contribution in [0.2, 0.25) is 0 Å². The van der Waals surface area contributed by atoms with Gasteiger partial charge in [0.15, 0.2) is 0 Å². The molecule has 1 amide bonds. The Bertz CT molecular complexity index is 211. The Kier molecular flexibility index (Phi) is 6.37. The molecule has 0 aromatic rings. The molecule has 0 aromatic carbocycles. The van der Waals surface area contributed by atoms with Crippen molar-refractivity contribution in [1.29, 1.82) is 0 Å². The second kappa shape index (κ2) is 7.60. The fraction of sp³-hybridized carbons (Fsp3) is 0.909. The first-order valence-corrected chi connectivity index (χ1v) is 5.93. The number of nitrogens with one attached hydrogen (secondary N) is 2. The summed E-state index contributed by atoms with van der Waals surface area (Å²) in [5, 5.41) is 14.6. The number of hydrogen-bond acceptors (Lipinski definition) is 4. The standard InChI is InChI=1S/C11H22N2O3/c1-12-10-8-16-7-9(10)11(15)13-5-3-2-4-6-14/h9-10,12,14H,2-8H2,1H3,(H,13,15). The maximum absolute atomic E-state index is 11.8. The third-order valence-electron chi connectivity index (χ3n) is 2.92. The van der Waals surface area contributed by atoms with Crippen LogP contribution in [0.25, 0.3) is 0 Å². The van der Waals surface area contributed by atoms with Crippen molar-refractivity contribution in [3.63, 3.8) is 0 Å². The van der Waals surface area contributed by atoms with Gasteiger partial charge in [0.1, 0.15) is 0 Å². The summed E-state index contributed by atoms with van der Waals surface area (Å²) in [4.78, 5) is 11.8. The predicted molar refractivity (Wildman–Crippen MR) is 61.1 cm³/mol. The van der Waals surface area contributed by atoms with Crippen LogP contribution in [0.5, 0.6) is 0 Å². The van der Waals surface area contributed by atoms with Gasteiger partial charge in [-0.2, -0.15) is 0 Å². The minimum absolute atomic E-state index is 0.0668. The summed E-state index contributed by atoms with van der Waals surface area (Å²) in [6, 6.07) is 0.137. The number of hydrogen-bond donors (Lipinski definition) is 3. The Labute approximate surface area is 96.6 Å². The highest BCUT2D eigenvalue weighted by molar-refractivity contribution is 5.79. The molecule has 0 spiro atoms. The van der Waals surface area contributed by atoms with Crippen LogP contribution in [0, 0.1) is 5.92 Å². The maximum atomic E-state index is 11.8. The van der Waals surface area contributed by atoms with E-state index in [0.717, 1.165) is 19.3 Å². The second-order valence-electron chi connectivity index (χ2n) is 4.11. The Morgan fingerprint density at radius 1 is 1.38 bits per heavy atom. The van der Waals surface area contributed by atoms with Crippen molar-refractivity contribution in [1.82, 2.24) is 10.6 Å². The van der Waals surface area contributed by atoms with Crippen molar-refractivity contribution in [2.24, 2.45) is 5.92 Å². The van der Waals surface area contributed by atoms with Gasteiger partial charge in [-0.15, -0.1) is 0 Å². The van der Waals surface area contributed by atoms with Gasteiger partial charge in [0, 0.05) is 19.2 Å². The number of likely N-dealkylation sites (N-methyl/N-ethyl adjacent to an activating group) is 1. The Hall–Kier alpha value is -0.650. The molecule has 1 aliphatic rings. The minimum Gasteiger partial charge on any atom is -0.396 e. The molecule has 0 saturated carbocycles. The summed E-state index contributed by atoms with van der Waals surface area (Å²) < 4.78 is 5.27. The highest BCUT2D eigenvalue weighted by Crippen LogP contribution is 2.13. The molecule has 5 nitrogen and oxygen atoms in total. The number of ether oxygens (including phenoxy) is 1. The van der Waals surface area contributed by atoms with Gasteiger partial charge in [-0.3, -0.25) is 4.79 Å². The van der Waals surface area contributed by atoms with Crippen LogP contribution < -0.4 is 10.6 Å². The normalized spacial score (nSPS) is 24.6. The maximum Gasteiger partial charge on any atom is 0.227 e. The van der Waals surface area contributed by atoms with Crippen LogP contribution in [0.15, 0.2) is 0 Å². The molecule has 1 aliphatic heterocycles. The van der Waals surface area contributed by atoms with Crippen molar-refractivity contribution in [3.05, 3.63) is 0 Å². The van der Waals surface area contributed by atoms with E-state index in [2.05, 4.69) is 10.6 Å². The average Bonchev–Trinajstić information content (AvgIpc) is 2.76. The lowest BCUT2D eigenvalue weighted by Crippen LogP contribution is -2.42. The van der Waals surface area contributed by atoms with E-state index in [0.29, 0.717) is 19.8 Å². The van der Waals surface area contributed by atoms with E-state index in [1.54, 1.807) is 0 Å². The summed E-state index contributed by atoms with van der Waals surface area (Å²) in [5.41, 5.74) is 0. The molecule has 16 heavy (non-hydrogen) atoms. The van der Waals surface area contributed by atoms with Crippen LogP contribution in [0.1, 0.15) is 19.3 Å². The summed E-state index contributed by atoms with van der Waals surface area (Å²) in [7, 11) is 1.85. The first-order chi connectivity index (χ1) is 7.79. The number of carbonyl (C=O) groups is 1. The van der Waals surface area contributed by atoms with Crippen LogP contribution in [-0.4, -0.2) is 50.5 Å². The number of amides is 1. The minimum atomic E-state index is -0.0668. The number of aliphatic hydroxyl groups is 1. The first kappa shape index (κ1) is 13.4. The highest BCUT2D eigenvalue weighted by atomic mass is 16.5. The number of unbranched alkanes of at least 4 members (excludes halogenated alkanes) is 2. The molecular weight excluding hydrogens is 208 g/mol. The third kappa shape index (κ3) is 4.08. The van der Waals surface area contributed by atoms with Crippen molar-refractivity contribution in [2.75, 3.05) is 33.4 Å². The second-order valence-corrected chi connectivity index (χ2v) is 4.11. The van der Waals surface area contributed by atoms with Crippen molar-refractivity contribution >= 4 is 5.91 Å². The summed E-state index contributed by atoms with van der Waals surface area (Å²) in [6.07, 6.45) is 2.68. The largest absolute Gasteiger partial charge is 0.396 e. The molecule has 3 N–H and O–H groups in total. The smallest absolute Gasteiger partial charge is 0.227 e. The zero-order chi connectivity index (χ0) is 11.8. The van der Waals surface area contributed by atoms with Gasteiger partial charge in [-0.05, 0) is 26.3 Å². The predicted octanol–water partition coefficient (Wildman–Crippen LogP) is -0.500. The number of rotatable bonds is 7. The van der Waals surface area contributed by atoms with Crippen LogP contribution >= 0.6 is 0 Å². The molecular formula is C11H22N2O3. The lowest BCUT2D eigenvalue weighted by Gasteiger charge is -2.16. The van der Waals surface area contributed by atoms with Crippen LogP contribution in [0.3, 0.4) is 0 Å². The molecule has 1 saturated heterocycles. The third-order valence-corrected chi connectivity index (χ3v) is 2.92. The quantitative estimate of drug-likeness (QED) is 0.516. The van der Waals surface area contributed by atoms with Crippen molar-refractivity contribution in [3.8, 4) is 0 Å². The molecule has 5 heteroatoms. The monoisotopic (exact) mass is 230 g/mol. The van der Waals surface area contributed by atoms with Crippen LogP contribution in [-0.2, 0) is 9.53 Å². The average molecular weight is 230 g/mol. The van der Waals surface area contributed by atoms with Gasteiger partial charge in [-0.25, -0.2) is 0 Å². The topological polar surface area (TPSA) is 70.6 Å². The molecule has 1 heterocycles. The van der Waals surface area contributed by atoms with Gasteiger partial charge >= 0.3 is 0 Å². The first-order valence-electron chi connectivity index (χ1n) is 5.93. The molecule has 94 valence electrons. The van der Waals surface area contributed by atoms with E-state index >= 15 is 0 Å². The molecule has 1 fully saturated rings. The molecule has 0 radical (unpaired) electrons. The van der Waals surface area contributed by atoms with E-state index in [1.165, 1.54) is 0 Å². The Morgan fingerprint density at radius 2 is 2.19 bits per heavy atom. The Balaban J connectivity index is 2.14. The van der Waals surface area contributed by atoms with E-state index in [1.807, 2.05) is 7.05 Å². The fourth-order valence-corrected chi connectivity index (χ4v) is 1.85. The van der Waals surface area contributed by atoms with Crippen LogP contribution in [0.4, 0.5) is 0 Å².